The Morgan fingerprint density at radius 2 is 1.80 bits per heavy atom. The summed E-state index contributed by atoms with van der Waals surface area (Å²) in [5.41, 5.74) is 6.33. The van der Waals surface area contributed by atoms with Crippen LogP contribution in [0, 0.1) is 0 Å². The molecule has 20 heavy (non-hydrogen) atoms. The minimum absolute atomic E-state index is 0.241. The Morgan fingerprint density at radius 1 is 1.15 bits per heavy atom. The zero-order valence-electron chi connectivity index (χ0n) is 12.0. The standard InChI is InChI=1S/C14H23N3O2S/c1-2-7-16-8-10-17(11-9-16)20(18,19)14-6-4-3-5-13(14)12-15/h3-6H,2,7-12,15H2,1H3. The molecule has 0 atom stereocenters. The number of benzene rings is 1. The number of rotatable bonds is 5. The average molecular weight is 297 g/mol. The number of nitrogens with zero attached hydrogens (tertiary/aromatic N) is 2. The van der Waals surface area contributed by atoms with E-state index in [1.807, 2.05) is 6.07 Å². The second-order valence-corrected chi connectivity index (χ2v) is 6.96. The molecule has 0 saturated carbocycles. The fourth-order valence-electron chi connectivity index (χ4n) is 2.57. The number of piperazine rings is 1. The zero-order chi connectivity index (χ0) is 14.6. The third-order valence-electron chi connectivity index (χ3n) is 3.68. The van der Waals surface area contributed by atoms with Gasteiger partial charge < -0.3 is 10.6 Å². The predicted molar refractivity (Wildman–Crippen MR) is 79.8 cm³/mol. The average Bonchev–Trinajstić information content (AvgIpc) is 2.48. The monoisotopic (exact) mass is 297 g/mol. The lowest BCUT2D eigenvalue weighted by molar-refractivity contribution is 0.188. The fourth-order valence-corrected chi connectivity index (χ4v) is 4.23. The Morgan fingerprint density at radius 3 is 2.40 bits per heavy atom. The molecular weight excluding hydrogens is 274 g/mol. The molecular formula is C14H23N3O2S. The van der Waals surface area contributed by atoms with Crippen LogP contribution in [0.1, 0.15) is 18.9 Å². The van der Waals surface area contributed by atoms with Crippen LogP contribution in [0.5, 0.6) is 0 Å². The number of hydrogen-bond donors (Lipinski definition) is 1. The minimum atomic E-state index is -3.42. The Hall–Kier alpha value is -0.950. The van der Waals surface area contributed by atoms with Crippen molar-refractivity contribution < 1.29 is 8.42 Å². The highest BCUT2D eigenvalue weighted by Crippen LogP contribution is 2.21. The highest BCUT2D eigenvalue weighted by molar-refractivity contribution is 7.89. The molecule has 1 aliphatic heterocycles. The molecule has 1 fully saturated rings. The number of hydrogen-bond acceptors (Lipinski definition) is 4. The molecule has 0 aliphatic carbocycles. The third kappa shape index (κ3) is 3.20. The first kappa shape index (κ1) is 15.4. The van der Waals surface area contributed by atoms with Crippen LogP contribution in [0.2, 0.25) is 0 Å². The Bertz CT molecular complexity index is 537. The van der Waals surface area contributed by atoms with E-state index in [1.165, 1.54) is 0 Å². The van der Waals surface area contributed by atoms with Gasteiger partial charge in [-0.25, -0.2) is 8.42 Å². The van der Waals surface area contributed by atoms with Crippen molar-refractivity contribution in [3.8, 4) is 0 Å². The molecule has 6 heteroatoms. The lowest BCUT2D eigenvalue weighted by atomic mass is 10.2. The summed E-state index contributed by atoms with van der Waals surface area (Å²) in [7, 11) is -3.42. The lowest BCUT2D eigenvalue weighted by Gasteiger charge is -2.34. The van der Waals surface area contributed by atoms with Crippen LogP contribution in [0.4, 0.5) is 0 Å². The van der Waals surface area contributed by atoms with Gasteiger partial charge in [-0.05, 0) is 24.6 Å². The first-order chi connectivity index (χ1) is 9.59. The second-order valence-electron chi connectivity index (χ2n) is 5.06. The van der Waals surface area contributed by atoms with Crippen molar-refractivity contribution in [2.45, 2.75) is 24.8 Å². The molecule has 1 heterocycles. The first-order valence-electron chi connectivity index (χ1n) is 7.10. The van der Waals surface area contributed by atoms with Crippen molar-refractivity contribution in [3.05, 3.63) is 29.8 Å². The van der Waals surface area contributed by atoms with Gasteiger partial charge in [0.2, 0.25) is 10.0 Å². The molecule has 5 nitrogen and oxygen atoms in total. The van der Waals surface area contributed by atoms with E-state index in [1.54, 1.807) is 22.5 Å². The molecule has 0 amide bonds. The summed E-state index contributed by atoms with van der Waals surface area (Å²) in [5, 5.41) is 0. The molecule has 1 aromatic rings. The molecule has 1 aromatic carbocycles. The Labute approximate surface area is 121 Å². The van der Waals surface area contributed by atoms with Gasteiger partial charge in [-0.15, -0.1) is 0 Å². The van der Waals surface area contributed by atoms with E-state index < -0.39 is 10.0 Å². The number of nitrogens with two attached hydrogens (primary N) is 1. The Balaban J connectivity index is 2.16. The second kappa shape index (κ2) is 6.67. The van der Waals surface area contributed by atoms with Gasteiger partial charge in [0.25, 0.3) is 0 Å². The smallest absolute Gasteiger partial charge is 0.243 e. The van der Waals surface area contributed by atoms with Crippen LogP contribution in [-0.2, 0) is 16.6 Å². The largest absolute Gasteiger partial charge is 0.326 e. The molecule has 1 aliphatic rings. The van der Waals surface area contributed by atoms with E-state index in [0.29, 0.717) is 23.5 Å². The summed E-state index contributed by atoms with van der Waals surface area (Å²) < 4.78 is 26.9. The van der Waals surface area contributed by atoms with E-state index in [9.17, 15) is 8.42 Å². The van der Waals surface area contributed by atoms with Crippen molar-refractivity contribution in [2.75, 3.05) is 32.7 Å². The molecule has 0 aromatic heterocycles. The summed E-state index contributed by atoms with van der Waals surface area (Å²) in [6, 6.07) is 7.00. The zero-order valence-corrected chi connectivity index (χ0v) is 12.8. The lowest BCUT2D eigenvalue weighted by Crippen LogP contribution is -2.48. The first-order valence-corrected chi connectivity index (χ1v) is 8.54. The van der Waals surface area contributed by atoms with E-state index >= 15 is 0 Å². The highest BCUT2D eigenvalue weighted by Gasteiger charge is 2.29. The maximum atomic E-state index is 12.7. The van der Waals surface area contributed by atoms with E-state index in [2.05, 4.69) is 11.8 Å². The minimum Gasteiger partial charge on any atom is -0.326 e. The summed E-state index contributed by atoms with van der Waals surface area (Å²) in [6.45, 7) is 6.14. The van der Waals surface area contributed by atoms with Crippen molar-refractivity contribution in [3.63, 3.8) is 0 Å². The highest BCUT2D eigenvalue weighted by atomic mass is 32.2. The van der Waals surface area contributed by atoms with Gasteiger partial charge in [0.15, 0.2) is 0 Å². The molecule has 2 rings (SSSR count). The van der Waals surface area contributed by atoms with Gasteiger partial charge >= 0.3 is 0 Å². The topological polar surface area (TPSA) is 66.6 Å². The van der Waals surface area contributed by atoms with Crippen LogP contribution >= 0.6 is 0 Å². The third-order valence-corrected chi connectivity index (χ3v) is 5.68. The van der Waals surface area contributed by atoms with Crippen LogP contribution in [0.15, 0.2) is 29.2 Å². The summed E-state index contributed by atoms with van der Waals surface area (Å²) in [5.74, 6) is 0. The molecule has 0 unspecified atom stereocenters. The van der Waals surface area contributed by atoms with Crippen molar-refractivity contribution >= 4 is 10.0 Å². The molecule has 1 saturated heterocycles. The van der Waals surface area contributed by atoms with Crippen molar-refractivity contribution in [1.82, 2.24) is 9.21 Å². The normalized spacial score (nSPS) is 18.3. The Kier molecular flexibility index (Phi) is 5.15. The maximum Gasteiger partial charge on any atom is 0.243 e. The summed E-state index contributed by atoms with van der Waals surface area (Å²) in [4.78, 5) is 2.66. The summed E-state index contributed by atoms with van der Waals surface area (Å²) in [6.07, 6.45) is 1.10. The molecule has 112 valence electrons. The van der Waals surface area contributed by atoms with Gasteiger partial charge in [-0.1, -0.05) is 25.1 Å². The van der Waals surface area contributed by atoms with Crippen molar-refractivity contribution in [2.24, 2.45) is 5.73 Å². The van der Waals surface area contributed by atoms with Gasteiger partial charge in [0.1, 0.15) is 0 Å². The van der Waals surface area contributed by atoms with Crippen LogP contribution in [0.3, 0.4) is 0 Å². The van der Waals surface area contributed by atoms with Crippen LogP contribution < -0.4 is 5.73 Å². The van der Waals surface area contributed by atoms with E-state index in [-0.39, 0.29) is 6.54 Å². The SMILES string of the molecule is CCCN1CCN(S(=O)(=O)c2ccccc2CN)CC1. The number of sulfonamides is 1. The van der Waals surface area contributed by atoms with Crippen LogP contribution in [0.25, 0.3) is 0 Å². The maximum absolute atomic E-state index is 12.7. The van der Waals surface area contributed by atoms with Gasteiger partial charge in [0.05, 0.1) is 4.90 Å². The van der Waals surface area contributed by atoms with E-state index in [0.717, 1.165) is 26.1 Å². The predicted octanol–water partition coefficient (Wildman–Crippen LogP) is 0.862. The van der Waals surface area contributed by atoms with Gasteiger partial charge in [0, 0.05) is 32.7 Å². The van der Waals surface area contributed by atoms with Crippen molar-refractivity contribution in [1.29, 1.82) is 0 Å². The van der Waals surface area contributed by atoms with Crippen LogP contribution in [-0.4, -0.2) is 50.3 Å². The van der Waals surface area contributed by atoms with Gasteiger partial charge in [-0.3, -0.25) is 0 Å². The van der Waals surface area contributed by atoms with Gasteiger partial charge in [-0.2, -0.15) is 4.31 Å². The summed E-state index contributed by atoms with van der Waals surface area (Å²) >= 11 is 0. The molecule has 0 radical (unpaired) electrons. The molecule has 0 bridgehead atoms. The molecule has 0 spiro atoms. The quantitative estimate of drug-likeness (QED) is 0.875. The van der Waals surface area contributed by atoms with E-state index in [4.69, 9.17) is 5.73 Å². The fraction of sp³-hybridized carbons (Fsp3) is 0.571. The molecule has 2 N–H and O–H groups in total.